The molecule has 0 amide bonds. The molecule has 1 atom stereocenters. The van der Waals surface area contributed by atoms with E-state index in [1.807, 2.05) is 16.9 Å². The molecule has 0 saturated carbocycles. The summed E-state index contributed by atoms with van der Waals surface area (Å²) in [5, 5.41) is 13.1. The number of hydrogen-bond donors (Lipinski definition) is 1. The van der Waals surface area contributed by atoms with Gasteiger partial charge in [0.1, 0.15) is 5.82 Å². The van der Waals surface area contributed by atoms with Crippen LogP contribution >= 0.6 is 0 Å². The largest absolute Gasteiger partial charge is 0.382 e. The lowest BCUT2D eigenvalue weighted by atomic mass is 9.41. The average molecular weight is 202 g/mol. The van der Waals surface area contributed by atoms with Crippen LogP contribution in [0.1, 0.15) is 12.8 Å². The smallest absolute Gasteiger partial charge is 0.268 e. The first kappa shape index (κ1) is 10.1. The Balaban J connectivity index is 1.92. The summed E-state index contributed by atoms with van der Waals surface area (Å²) in [5.74, 6) is 3.53. The minimum atomic E-state index is 0.247. The monoisotopic (exact) mass is 202 g/mol. The maximum Gasteiger partial charge on any atom is 0.268 e. The molecule has 0 aliphatic carbocycles. The average Bonchev–Trinajstić information content (AvgIpc) is 2.64. The maximum absolute atomic E-state index is 8.89. The molecule has 78 valence electrons. The lowest BCUT2D eigenvalue weighted by molar-refractivity contribution is 0.407. The number of nitrogens with zero attached hydrogens (tertiary/aromatic N) is 3. The highest BCUT2D eigenvalue weighted by molar-refractivity contribution is 6.67. The van der Waals surface area contributed by atoms with Crippen molar-refractivity contribution in [2.45, 2.75) is 32.0 Å². The van der Waals surface area contributed by atoms with E-state index in [9.17, 15) is 0 Å². The molecular formula is C10H15BN4. The van der Waals surface area contributed by atoms with Gasteiger partial charge in [0.05, 0.1) is 0 Å². The Morgan fingerprint density at radius 1 is 1.73 bits per heavy atom. The second-order valence-electron chi connectivity index (χ2n) is 4.32. The van der Waals surface area contributed by atoms with E-state index in [1.54, 1.807) is 0 Å². The molecule has 15 heavy (non-hydrogen) atoms. The summed E-state index contributed by atoms with van der Waals surface area (Å²) in [6, 6.07) is 1.81. The van der Waals surface area contributed by atoms with Crippen LogP contribution in [0, 0.1) is 17.1 Å². The van der Waals surface area contributed by atoms with E-state index in [4.69, 9.17) is 11.0 Å². The van der Waals surface area contributed by atoms with Crippen molar-refractivity contribution >= 4 is 12.5 Å². The first-order chi connectivity index (χ1) is 7.28. The lowest BCUT2D eigenvalue weighted by Gasteiger charge is -2.23. The molecule has 2 heterocycles. The van der Waals surface area contributed by atoms with Gasteiger partial charge in [-0.25, -0.2) is 5.26 Å². The molecule has 1 aliphatic rings. The summed E-state index contributed by atoms with van der Waals surface area (Å²) < 4.78 is 1.89. The topological polar surface area (TPSA) is 67.6 Å². The SMILES string of the molecule is N#CB1CCCC(Cn2ccc(N)n2)C1. The Morgan fingerprint density at radius 3 is 3.27 bits per heavy atom. The van der Waals surface area contributed by atoms with Crippen LogP contribution in [0.4, 0.5) is 5.82 Å². The number of nitrogens with two attached hydrogens (primary N) is 1. The number of rotatable bonds is 2. The number of anilines is 1. The molecule has 1 saturated heterocycles. The summed E-state index contributed by atoms with van der Waals surface area (Å²) in [7, 11) is 0. The van der Waals surface area contributed by atoms with Crippen LogP contribution in [0.25, 0.3) is 0 Å². The predicted molar refractivity (Wildman–Crippen MR) is 60.3 cm³/mol. The van der Waals surface area contributed by atoms with Crippen molar-refractivity contribution in [1.82, 2.24) is 9.78 Å². The Hall–Kier alpha value is -1.44. The van der Waals surface area contributed by atoms with E-state index >= 15 is 0 Å². The molecule has 4 nitrogen and oxygen atoms in total. The maximum atomic E-state index is 8.89. The normalized spacial score (nSPS) is 21.3. The van der Waals surface area contributed by atoms with E-state index in [2.05, 4.69) is 11.1 Å². The summed E-state index contributed by atoms with van der Waals surface area (Å²) >= 11 is 0. The minimum Gasteiger partial charge on any atom is -0.382 e. The molecule has 0 spiro atoms. The molecule has 1 unspecified atom stereocenters. The first-order valence-corrected chi connectivity index (χ1v) is 5.46. The number of hydrogen-bond acceptors (Lipinski definition) is 3. The molecule has 1 aromatic rings. The van der Waals surface area contributed by atoms with Crippen molar-refractivity contribution in [1.29, 1.82) is 5.26 Å². The van der Waals surface area contributed by atoms with Gasteiger partial charge in [0.25, 0.3) is 6.71 Å². The van der Waals surface area contributed by atoms with Gasteiger partial charge in [-0.15, -0.1) is 0 Å². The summed E-state index contributed by atoms with van der Waals surface area (Å²) in [6.07, 6.45) is 6.35. The molecular weight excluding hydrogens is 187 g/mol. The number of aromatic nitrogens is 2. The third-order valence-corrected chi connectivity index (χ3v) is 3.07. The molecule has 5 heteroatoms. The van der Waals surface area contributed by atoms with Crippen molar-refractivity contribution in [2.75, 3.05) is 5.73 Å². The Morgan fingerprint density at radius 2 is 2.60 bits per heavy atom. The van der Waals surface area contributed by atoms with Crippen molar-refractivity contribution in [3.63, 3.8) is 0 Å². The summed E-state index contributed by atoms with van der Waals surface area (Å²) in [6.45, 7) is 1.15. The van der Waals surface area contributed by atoms with Gasteiger partial charge in [0.15, 0.2) is 0 Å². The molecule has 1 aliphatic heterocycles. The molecule has 2 N–H and O–H groups in total. The van der Waals surface area contributed by atoms with Gasteiger partial charge in [-0.2, -0.15) is 5.10 Å². The van der Waals surface area contributed by atoms with Crippen LogP contribution in [0.3, 0.4) is 0 Å². The molecule has 2 rings (SSSR count). The Kier molecular flexibility index (Phi) is 2.95. The summed E-state index contributed by atoms with van der Waals surface area (Å²) in [4.78, 5) is 0. The lowest BCUT2D eigenvalue weighted by Crippen LogP contribution is -2.24. The molecule has 1 aromatic heterocycles. The van der Waals surface area contributed by atoms with Gasteiger partial charge in [-0.05, 0) is 18.4 Å². The first-order valence-electron chi connectivity index (χ1n) is 5.46. The second-order valence-corrected chi connectivity index (χ2v) is 4.32. The van der Waals surface area contributed by atoms with Crippen molar-refractivity contribution < 1.29 is 0 Å². The van der Waals surface area contributed by atoms with Crippen LogP contribution < -0.4 is 5.73 Å². The third kappa shape index (κ3) is 2.53. The second kappa shape index (κ2) is 4.39. The van der Waals surface area contributed by atoms with Crippen LogP contribution in [-0.4, -0.2) is 16.5 Å². The molecule has 1 fully saturated rings. The predicted octanol–water partition coefficient (Wildman–Crippen LogP) is 1.43. The Bertz CT molecular complexity index is 368. The van der Waals surface area contributed by atoms with E-state index in [0.29, 0.717) is 11.7 Å². The molecule has 0 aromatic carbocycles. The minimum absolute atomic E-state index is 0.247. The van der Waals surface area contributed by atoms with Gasteiger partial charge < -0.3 is 5.73 Å². The van der Waals surface area contributed by atoms with E-state index in [1.165, 1.54) is 12.8 Å². The van der Waals surface area contributed by atoms with Crippen LogP contribution in [0.2, 0.25) is 12.6 Å². The van der Waals surface area contributed by atoms with Gasteiger partial charge in [0.2, 0.25) is 0 Å². The molecule has 0 bridgehead atoms. The van der Waals surface area contributed by atoms with Gasteiger partial charge in [-0.3, -0.25) is 4.68 Å². The molecule has 0 radical (unpaired) electrons. The standard InChI is InChI=1S/C10H15BN4/c12-8-11-4-1-2-9(6-11)7-15-5-3-10(13)14-15/h3,5,9H,1-2,4,6-7H2,(H2,13,14). The van der Waals surface area contributed by atoms with Gasteiger partial charge in [0, 0.05) is 18.7 Å². The fourth-order valence-corrected chi connectivity index (χ4v) is 2.32. The van der Waals surface area contributed by atoms with E-state index in [0.717, 1.165) is 19.2 Å². The zero-order valence-electron chi connectivity index (χ0n) is 8.76. The van der Waals surface area contributed by atoms with Gasteiger partial charge >= 0.3 is 0 Å². The fraction of sp³-hybridized carbons (Fsp3) is 0.600. The van der Waals surface area contributed by atoms with Crippen LogP contribution in [-0.2, 0) is 6.54 Å². The number of nitriles is 1. The fourth-order valence-electron chi connectivity index (χ4n) is 2.32. The van der Waals surface area contributed by atoms with Crippen molar-refractivity contribution in [3.8, 4) is 5.97 Å². The third-order valence-electron chi connectivity index (χ3n) is 3.07. The van der Waals surface area contributed by atoms with Gasteiger partial charge in [-0.1, -0.05) is 19.1 Å². The van der Waals surface area contributed by atoms with Crippen molar-refractivity contribution in [2.24, 2.45) is 5.92 Å². The Labute approximate surface area is 90.1 Å². The highest BCUT2D eigenvalue weighted by Gasteiger charge is 2.25. The van der Waals surface area contributed by atoms with E-state index < -0.39 is 0 Å². The zero-order chi connectivity index (χ0) is 10.7. The highest BCUT2D eigenvalue weighted by Crippen LogP contribution is 2.26. The van der Waals surface area contributed by atoms with Crippen molar-refractivity contribution in [3.05, 3.63) is 12.3 Å². The quantitative estimate of drug-likeness (QED) is 0.737. The van der Waals surface area contributed by atoms with Crippen LogP contribution in [0.5, 0.6) is 0 Å². The van der Waals surface area contributed by atoms with E-state index in [-0.39, 0.29) is 6.71 Å². The highest BCUT2D eigenvalue weighted by atomic mass is 15.3. The van der Waals surface area contributed by atoms with Crippen LogP contribution in [0.15, 0.2) is 12.3 Å². The summed E-state index contributed by atoms with van der Waals surface area (Å²) in [5.41, 5.74) is 5.55. The number of nitrogen functional groups attached to an aromatic ring is 1. The zero-order valence-corrected chi connectivity index (χ0v) is 8.76.